The van der Waals surface area contributed by atoms with Crippen molar-refractivity contribution in [1.29, 1.82) is 0 Å². The molecule has 15 heavy (non-hydrogen) atoms. The average Bonchev–Trinajstić information content (AvgIpc) is 2.00. The van der Waals surface area contributed by atoms with Gasteiger partial charge in [-0.15, -0.1) is 0 Å². The lowest BCUT2D eigenvalue weighted by atomic mass is 10.3. The fraction of sp³-hybridized carbons (Fsp3) is 0.800. The summed E-state index contributed by atoms with van der Waals surface area (Å²) in [6.07, 6.45) is -0.762. The third kappa shape index (κ3) is 6.76. The molecule has 5 nitrogen and oxygen atoms in total. The van der Waals surface area contributed by atoms with Gasteiger partial charge in [0.15, 0.2) is 0 Å². The van der Waals surface area contributed by atoms with Crippen LogP contribution >= 0.6 is 0 Å². The van der Waals surface area contributed by atoms with Crippen LogP contribution in [0.3, 0.4) is 0 Å². The van der Waals surface area contributed by atoms with Crippen molar-refractivity contribution >= 4 is 12.0 Å². The molecular weight excluding hydrogens is 196 g/mol. The highest BCUT2D eigenvalue weighted by atomic mass is 16.6. The van der Waals surface area contributed by atoms with Crippen LogP contribution in [0.4, 0.5) is 4.79 Å². The van der Waals surface area contributed by atoms with Gasteiger partial charge in [-0.25, -0.2) is 4.79 Å². The van der Waals surface area contributed by atoms with Gasteiger partial charge in [0.25, 0.3) is 0 Å². The Bertz CT molecular complexity index is 227. The number of hydrogen-bond acceptors (Lipinski definition) is 3. The molecule has 0 aliphatic carbocycles. The first-order valence-corrected chi connectivity index (χ1v) is 5.10. The molecule has 2 N–H and O–H groups in total. The first-order chi connectivity index (χ1) is 6.82. The zero-order valence-corrected chi connectivity index (χ0v) is 9.96. The van der Waals surface area contributed by atoms with E-state index in [2.05, 4.69) is 10.6 Å². The van der Waals surface area contributed by atoms with Crippen LogP contribution in [0.5, 0.6) is 0 Å². The van der Waals surface area contributed by atoms with Crippen molar-refractivity contribution in [2.24, 2.45) is 0 Å². The number of carbonyl (C=O) groups excluding carboxylic acids is 2. The molecule has 0 aromatic heterocycles. The molecule has 2 amide bonds. The van der Waals surface area contributed by atoms with Crippen LogP contribution in [0.2, 0.25) is 0 Å². The normalized spacial score (nSPS) is 12.5. The number of hydrogen-bond donors (Lipinski definition) is 2. The molecule has 0 aliphatic rings. The van der Waals surface area contributed by atoms with Crippen LogP contribution in [-0.4, -0.2) is 30.2 Å². The minimum atomic E-state index is -0.585. The number of alkyl carbamates (subject to hydrolysis) is 1. The number of carbonyl (C=O) groups is 2. The Balaban J connectivity index is 3.96. The van der Waals surface area contributed by atoms with Crippen LogP contribution in [0.25, 0.3) is 0 Å². The minimum Gasteiger partial charge on any atom is -0.447 e. The molecule has 0 rings (SSSR count). The summed E-state index contributed by atoms with van der Waals surface area (Å²) in [7, 11) is 0. The van der Waals surface area contributed by atoms with E-state index >= 15 is 0 Å². The summed E-state index contributed by atoms with van der Waals surface area (Å²) in [5.74, 6) is -0.217. The molecule has 0 saturated heterocycles. The molecule has 0 aromatic carbocycles. The minimum absolute atomic E-state index is 0.0582. The Kier molecular flexibility index (Phi) is 5.74. The molecule has 1 atom stereocenters. The molecule has 0 bridgehead atoms. The highest BCUT2D eigenvalue weighted by molar-refractivity contribution is 5.85. The van der Waals surface area contributed by atoms with Crippen LogP contribution in [0.15, 0.2) is 0 Å². The van der Waals surface area contributed by atoms with E-state index in [0.717, 1.165) is 0 Å². The molecule has 0 aliphatic heterocycles. The lowest BCUT2D eigenvalue weighted by molar-refractivity contribution is -0.123. The first kappa shape index (κ1) is 13.7. The number of rotatable bonds is 4. The van der Waals surface area contributed by atoms with Crippen LogP contribution in [0.1, 0.15) is 34.6 Å². The predicted octanol–water partition coefficient (Wildman–Crippen LogP) is 1.03. The van der Waals surface area contributed by atoms with Crippen molar-refractivity contribution < 1.29 is 14.3 Å². The maximum atomic E-state index is 11.4. The largest absolute Gasteiger partial charge is 0.447 e. The molecule has 0 radical (unpaired) electrons. The molecular formula is C10H20N2O3. The van der Waals surface area contributed by atoms with Gasteiger partial charge < -0.3 is 15.4 Å². The zero-order chi connectivity index (χ0) is 12.0. The first-order valence-electron chi connectivity index (χ1n) is 5.10. The third-order valence-electron chi connectivity index (χ3n) is 1.50. The Labute approximate surface area is 90.6 Å². The maximum Gasteiger partial charge on any atom is 0.408 e. The van der Waals surface area contributed by atoms with E-state index in [-0.39, 0.29) is 18.1 Å². The number of amides is 2. The highest BCUT2D eigenvalue weighted by Crippen LogP contribution is 1.91. The van der Waals surface area contributed by atoms with Crippen LogP contribution < -0.4 is 10.6 Å². The molecule has 0 fully saturated rings. The van der Waals surface area contributed by atoms with Gasteiger partial charge in [0.2, 0.25) is 5.91 Å². The van der Waals surface area contributed by atoms with Crippen molar-refractivity contribution in [3.05, 3.63) is 0 Å². The van der Waals surface area contributed by atoms with E-state index < -0.39 is 12.1 Å². The predicted molar refractivity (Wildman–Crippen MR) is 57.5 cm³/mol. The van der Waals surface area contributed by atoms with Crippen molar-refractivity contribution in [1.82, 2.24) is 10.6 Å². The fourth-order valence-electron chi connectivity index (χ4n) is 0.900. The van der Waals surface area contributed by atoms with E-state index in [1.807, 2.05) is 13.8 Å². The third-order valence-corrected chi connectivity index (χ3v) is 1.50. The van der Waals surface area contributed by atoms with E-state index in [1.165, 1.54) is 0 Å². The van der Waals surface area contributed by atoms with E-state index in [9.17, 15) is 9.59 Å². The van der Waals surface area contributed by atoms with Gasteiger partial charge in [-0.2, -0.15) is 0 Å². The van der Waals surface area contributed by atoms with Gasteiger partial charge in [-0.3, -0.25) is 4.79 Å². The Morgan fingerprint density at radius 1 is 1.00 bits per heavy atom. The monoisotopic (exact) mass is 216 g/mol. The molecule has 0 heterocycles. The SMILES string of the molecule is CC(C)NC(=O)C(C)NC(=O)OC(C)C. The van der Waals surface area contributed by atoms with E-state index in [4.69, 9.17) is 4.74 Å². The second-order valence-electron chi connectivity index (χ2n) is 3.98. The summed E-state index contributed by atoms with van der Waals surface area (Å²) in [5.41, 5.74) is 0. The zero-order valence-electron chi connectivity index (χ0n) is 9.96. The van der Waals surface area contributed by atoms with Crippen molar-refractivity contribution in [3.63, 3.8) is 0 Å². The molecule has 0 spiro atoms. The standard InChI is InChI=1S/C10H20N2O3/c1-6(2)11-9(13)8(5)12-10(14)15-7(3)4/h6-8H,1-5H3,(H,11,13)(H,12,14). The smallest absolute Gasteiger partial charge is 0.408 e. The highest BCUT2D eigenvalue weighted by Gasteiger charge is 2.17. The molecule has 5 heteroatoms. The quantitative estimate of drug-likeness (QED) is 0.737. The van der Waals surface area contributed by atoms with Gasteiger partial charge in [0.1, 0.15) is 6.04 Å². The second-order valence-corrected chi connectivity index (χ2v) is 3.98. The number of ether oxygens (including phenoxy) is 1. The molecule has 88 valence electrons. The maximum absolute atomic E-state index is 11.4. The van der Waals surface area contributed by atoms with Gasteiger partial charge in [-0.1, -0.05) is 0 Å². The second kappa shape index (κ2) is 6.27. The number of nitrogens with one attached hydrogen (secondary N) is 2. The van der Waals surface area contributed by atoms with Gasteiger partial charge in [-0.05, 0) is 34.6 Å². The molecule has 1 unspecified atom stereocenters. The van der Waals surface area contributed by atoms with Crippen molar-refractivity contribution in [2.75, 3.05) is 0 Å². The Morgan fingerprint density at radius 2 is 1.53 bits per heavy atom. The molecule has 0 saturated carbocycles. The van der Waals surface area contributed by atoms with Gasteiger partial charge in [0.05, 0.1) is 6.10 Å². The van der Waals surface area contributed by atoms with Crippen molar-refractivity contribution in [3.8, 4) is 0 Å². The van der Waals surface area contributed by atoms with Crippen LogP contribution in [0, 0.1) is 0 Å². The lowest BCUT2D eigenvalue weighted by Gasteiger charge is -2.16. The lowest BCUT2D eigenvalue weighted by Crippen LogP contribution is -2.47. The van der Waals surface area contributed by atoms with E-state index in [0.29, 0.717) is 0 Å². The summed E-state index contributed by atoms with van der Waals surface area (Å²) in [6.45, 7) is 8.82. The molecule has 0 aromatic rings. The Hall–Kier alpha value is -1.26. The topological polar surface area (TPSA) is 67.4 Å². The average molecular weight is 216 g/mol. The fourth-order valence-corrected chi connectivity index (χ4v) is 0.900. The summed E-state index contributed by atoms with van der Waals surface area (Å²) in [6, 6.07) is -0.526. The van der Waals surface area contributed by atoms with Crippen molar-refractivity contribution in [2.45, 2.75) is 52.8 Å². The van der Waals surface area contributed by atoms with Gasteiger partial charge >= 0.3 is 6.09 Å². The summed E-state index contributed by atoms with van der Waals surface area (Å²) >= 11 is 0. The van der Waals surface area contributed by atoms with Crippen LogP contribution in [-0.2, 0) is 9.53 Å². The summed E-state index contributed by atoms with van der Waals surface area (Å²) < 4.78 is 4.85. The Morgan fingerprint density at radius 3 is 1.93 bits per heavy atom. The van der Waals surface area contributed by atoms with E-state index in [1.54, 1.807) is 20.8 Å². The summed E-state index contributed by atoms with van der Waals surface area (Å²) in [5, 5.41) is 5.14. The van der Waals surface area contributed by atoms with Gasteiger partial charge in [0, 0.05) is 6.04 Å². The summed E-state index contributed by atoms with van der Waals surface area (Å²) in [4.78, 5) is 22.5.